The van der Waals surface area contributed by atoms with Gasteiger partial charge in [0.05, 0.1) is 13.7 Å². The van der Waals surface area contributed by atoms with Gasteiger partial charge in [0.2, 0.25) is 0 Å². The van der Waals surface area contributed by atoms with Crippen molar-refractivity contribution in [2.24, 2.45) is 0 Å². The van der Waals surface area contributed by atoms with Crippen LogP contribution in [0.3, 0.4) is 0 Å². The summed E-state index contributed by atoms with van der Waals surface area (Å²) in [6.07, 6.45) is 3.35. The lowest BCUT2D eigenvalue weighted by molar-refractivity contribution is 0.0586. The van der Waals surface area contributed by atoms with E-state index < -0.39 is 5.97 Å². The maximum absolute atomic E-state index is 11.3. The molecule has 0 saturated carbocycles. The smallest absolute Gasteiger partial charge is 0.377 e. The summed E-state index contributed by atoms with van der Waals surface area (Å²) in [5.74, 6) is 0.566. The molecule has 0 saturated heterocycles. The molecule has 1 aromatic carbocycles. The molecule has 104 valence electrons. The molecular weight excluding hydrogens is 258 g/mol. The van der Waals surface area contributed by atoms with E-state index in [4.69, 9.17) is 4.74 Å². The molecule has 0 amide bonds. The van der Waals surface area contributed by atoms with Gasteiger partial charge in [-0.1, -0.05) is 12.1 Å². The van der Waals surface area contributed by atoms with Gasteiger partial charge in [0.15, 0.2) is 0 Å². The van der Waals surface area contributed by atoms with Crippen LogP contribution in [0.25, 0.3) is 0 Å². The lowest BCUT2D eigenvalue weighted by atomic mass is 10.1. The number of carbonyl (C=O) groups excluding carboxylic acids is 1. The first-order chi connectivity index (χ1) is 9.76. The Kier molecular flexibility index (Phi) is 3.37. The van der Waals surface area contributed by atoms with Crippen LogP contribution in [0.5, 0.6) is 5.75 Å². The van der Waals surface area contributed by atoms with Crippen molar-refractivity contribution >= 4 is 5.97 Å². The molecular formula is C14H15N3O3. The molecule has 0 spiro atoms. The van der Waals surface area contributed by atoms with E-state index in [1.54, 1.807) is 11.0 Å². The predicted octanol–water partition coefficient (Wildman–Crippen LogP) is 1.24. The number of aromatic nitrogens is 3. The minimum atomic E-state index is -0.515. The number of methoxy groups -OCH3 is 1. The Morgan fingerprint density at radius 1 is 1.50 bits per heavy atom. The zero-order valence-electron chi connectivity index (χ0n) is 11.2. The van der Waals surface area contributed by atoms with Crippen molar-refractivity contribution in [1.29, 1.82) is 0 Å². The van der Waals surface area contributed by atoms with Gasteiger partial charge in [-0.3, -0.25) is 4.68 Å². The third-order valence-electron chi connectivity index (χ3n) is 3.29. The highest BCUT2D eigenvalue weighted by Crippen LogP contribution is 2.26. The van der Waals surface area contributed by atoms with E-state index in [1.165, 1.54) is 18.2 Å². The Balaban J connectivity index is 1.64. The van der Waals surface area contributed by atoms with Crippen LogP contribution in [-0.2, 0) is 24.1 Å². The first-order valence-corrected chi connectivity index (χ1v) is 6.48. The Morgan fingerprint density at radius 2 is 2.40 bits per heavy atom. The number of nitrogens with zero attached hydrogens (tertiary/aromatic N) is 3. The summed E-state index contributed by atoms with van der Waals surface area (Å²) in [4.78, 5) is 15.2. The van der Waals surface area contributed by atoms with Crippen LogP contribution >= 0.6 is 0 Å². The average molecular weight is 273 g/mol. The minimum absolute atomic E-state index is 0.0925. The average Bonchev–Trinajstić information content (AvgIpc) is 3.12. The summed E-state index contributed by atoms with van der Waals surface area (Å²) < 4.78 is 11.7. The molecule has 20 heavy (non-hydrogen) atoms. The molecule has 0 fully saturated rings. The second-order valence-electron chi connectivity index (χ2n) is 4.61. The molecule has 6 heteroatoms. The topological polar surface area (TPSA) is 66.2 Å². The van der Waals surface area contributed by atoms with Crippen molar-refractivity contribution in [2.45, 2.75) is 19.4 Å². The first kappa shape index (κ1) is 12.7. The van der Waals surface area contributed by atoms with E-state index in [2.05, 4.69) is 27.0 Å². The Labute approximate surface area is 116 Å². The van der Waals surface area contributed by atoms with Crippen molar-refractivity contribution in [1.82, 2.24) is 14.8 Å². The largest absolute Gasteiger partial charge is 0.493 e. The van der Waals surface area contributed by atoms with Gasteiger partial charge < -0.3 is 9.47 Å². The van der Waals surface area contributed by atoms with Gasteiger partial charge >= 0.3 is 5.97 Å². The third-order valence-corrected chi connectivity index (χ3v) is 3.29. The number of esters is 1. The van der Waals surface area contributed by atoms with Gasteiger partial charge in [0.1, 0.15) is 12.1 Å². The third kappa shape index (κ3) is 2.49. The number of aryl methyl sites for hydroxylation is 2. The van der Waals surface area contributed by atoms with Gasteiger partial charge in [-0.05, 0) is 23.6 Å². The van der Waals surface area contributed by atoms with Crippen molar-refractivity contribution in [2.75, 3.05) is 13.7 Å². The molecule has 2 heterocycles. The molecule has 1 aliphatic rings. The zero-order chi connectivity index (χ0) is 13.9. The van der Waals surface area contributed by atoms with Crippen molar-refractivity contribution in [3.8, 4) is 5.75 Å². The SMILES string of the molecule is COC(=O)c1ncn(CCc2ccc3c(c2)CCO3)n1. The van der Waals surface area contributed by atoms with Gasteiger partial charge in [-0.15, -0.1) is 5.10 Å². The lowest BCUT2D eigenvalue weighted by Gasteiger charge is -2.04. The number of rotatable bonds is 4. The predicted molar refractivity (Wildman–Crippen MR) is 70.7 cm³/mol. The fourth-order valence-electron chi connectivity index (χ4n) is 2.23. The van der Waals surface area contributed by atoms with E-state index in [0.29, 0.717) is 6.54 Å². The molecule has 0 radical (unpaired) electrons. The van der Waals surface area contributed by atoms with E-state index >= 15 is 0 Å². The highest BCUT2D eigenvalue weighted by molar-refractivity contribution is 5.84. The number of hydrogen-bond acceptors (Lipinski definition) is 5. The summed E-state index contributed by atoms with van der Waals surface area (Å²) in [5.41, 5.74) is 2.49. The number of hydrogen-bond donors (Lipinski definition) is 0. The van der Waals surface area contributed by atoms with Gasteiger partial charge in [0, 0.05) is 13.0 Å². The van der Waals surface area contributed by atoms with Crippen LogP contribution in [0.2, 0.25) is 0 Å². The van der Waals surface area contributed by atoms with Crippen LogP contribution in [0.1, 0.15) is 21.7 Å². The van der Waals surface area contributed by atoms with E-state index in [-0.39, 0.29) is 5.82 Å². The molecule has 0 N–H and O–H groups in total. The number of benzene rings is 1. The molecule has 0 bridgehead atoms. The fourth-order valence-corrected chi connectivity index (χ4v) is 2.23. The Bertz CT molecular complexity index is 636. The molecule has 0 aliphatic carbocycles. The highest BCUT2D eigenvalue weighted by atomic mass is 16.5. The van der Waals surface area contributed by atoms with Gasteiger partial charge in [0.25, 0.3) is 5.82 Å². The molecule has 2 aromatic rings. The standard InChI is InChI=1S/C14H15N3O3/c1-19-14(18)13-15-9-17(16-13)6-4-10-2-3-12-11(8-10)5-7-20-12/h2-3,8-9H,4-7H2,1H3. The number of carbonyl (C=O) groups is 1. The summed E-state index contributed by atoms with van der Waals surface area (Å²) in [5, 5.41) is 4.07. The number of fused-ring (bicyclic) bond motifs is 1. The monoisotopic (exact) mass is 273 g/mol. The zero-order valence-corrected chi connectivity index (χ0v) is 11.2. The Morgan fingerprint density at radius 3 is 3.25 bits per heavy atom. The fraction of sp³-hybridized carbons (Fsp3) is 0.357. The second kappa shape index (κ2) is 5.32. The van der Waals surface area contributed by atoms with Crippen LogP contribution < -0.4 is 4.74 Å². The maximum atomic E-state index is 11.3. The molecule has 0 unspecified atom stereocenters. The summed E-state index contributed by atoms with van der Waals surface area (Å²) in [6.45, 7) is 1.44. The summed E-state index contributed by atoms with van der Waals surface area (Å²) >= 11 is 0. The number of ether oxygens (including phenoxy) is 2. The first-order valence-electron chi connectivity index (χ1n) is 6.48. The quantitative estimate of drug-likeness (QED) is 0.784. The molecule has 1 aliphatic heterocycles. The molecule has 1 aromatic heterocycles. The van der Waals surface area contributed by atoms with Crippen molar-refractivity contribution < 1.29 is 14.3 Å². The highest BCUT2D eigenvalue weighted by Gasteiger charge is 2.13. The van der Waals surface area contributed by atoms with Gasteiger partial charge in [-0.2, -0.15) is 0 Å². The maximum Gasteiger partial charge on any atom is 0.377 e. The lowest BCUT2D eigenvalue weighted by Crippen LogP contribution is -2.07. The van der Waals surface area contributed by atoms with Crippen LogP contribution in [0, 0.1) is 0 Å². The minimum Gasteiger partial charge on any atom is -0.493 e. The van der Waals surface area contributed by atoms with E-state index in [0.717, 1.165) is 25.2 Å². The van der Waals surface area contributed by atoms with Crippen molar-refractivity contribution in [3.63, 3.8) is 0 Å². The summed E-state index contributed by atoms with van der Waals surface area (Å²) in [7, 11) is 1.32. The van der Waals surface area contributed by atoms with E-state index in [1.807, 2.05) is 6.07 Å². The molecule has 3 rings (SSSR count). The molecule has 0 atom stereocenters. The van der Waals surface area contributed by atoms with Gasteiger partial charge in [-0.25, -0.2) is 9.78 Å². The van der Waals surface area contributed by atoms with Crippen LogP contribution in [0.15, 0.2) is 24.5 Å². The summed E-state index contributed by atoms with van der Waals surface area (Å²) in [6, 6.07) is 6.24. The molecule has 6 nitrogen and oxygen atoms in total. The van der Waals surface area contributed by atoms with Crippen LogP contribution in [0.4, 0.5) is 0 Å². The second-order valence-corrected chi connectivity index (χ2v) is 4.61. The normalized spacial score (nSPS) is 12.8. The van der Waals surface area contributed by atoms with E-state index in [9.17, 15) is 4.79 Å². The van der Waals surface area contributed by atoms with Crippen molar-refractivity contribution in [3.05, 3.63) is 41.5 Å². The Hall–Kier alpha value is -2.37. The van der Waals surface area contributed by atoms with Crippen LogP contribution in [-0.4, -0.2) is 34.5 Å².